The Balaban J connectivity index is 2.08. The summed E-state index contributed by atoms with van der Waals surface area (Å²) in [5.41, 5.74) is 1.51. The molecule has 0 saturated heterocycles. The van der Waals surface area contributed by atoms with Gasteiger partial charge < -0.3 is 10.4 Å². The molecule has 2 heterocycles. The van der Waals surface area contributed by atoms with E-state index < -0.39 is 11.4 Å². The van der Waals surface area contributed by atoms with E-state index >= 15 is 0 Å². The Morgan fingerprint density at radius 1 is 1.32 bits per heavy atom. The summed E-state index contributed by atoms with van der Waals surface area (Å²) in [6.45, 7) is 2.28. The van der Waals surface area contributed by atoms with Crippen LogP contribution in [0, 0.1) is 0 Å². The summed E-state index contributed by atoms with van der Waals surface area (Å²) in [7, 11) is 0. The first kappa shape index (κ1) is 17.4. The maximum Gasteiger partial charge on any atom is 0.304 e. The van der Waals surface area contributed by atoms with Crippen molar-refractivity contribution >= 4 is 29.0 Å². The van der Waals surface area contributed by atoms with E-state index in [2.05, 4.69) is 17.2 Å². The van der Waals surface area contributed by atoms with Crippen molar-refractivity contribution in [1.29, 1.82) is 0 Å². The van der Waals surface area contributed by atoms with E-state index in [1.54, 1.807) is 30.5 Å². The first-order valence-electron chi connectivity index (χ1n) is 8.21. The largest absolute Gasteiger partial charge is 0.481 e. The van der Waals surface area contributed by atoms with Crippen LogP contribution in [0.4, 0.5) is 5.69 Å². The predicted molar refractivity (Wildman–Crippen MR) is 96.4 cm³/mol. The van der Waals surface area contributed by atoms with Crippen molar-refractivity contribution in [2.45, 2.75) is 31.6 Å². The summed E-state index contributed by atoms with van der Waals surface area (Å²) < 4.78 is 0. The van der Waals surface area contributed by atoms with Crippen LogP contribution in [-0.4, -0.2) is 28.4 Å². The van der Waals surface area contributed by atoms with E-state index in [4.69, 9.17) is 11.6 Å². The number of nitrogens with zero attached hydrogens (tertiary/aromatic N) is 1. The number of halogens is 1. The van der Waals surface area contributed by atoms with Crippen molar-refractivity contribution in [3.8, 4) is 0 Å². The number of Topliss-reactive ketones (excluding diaryl/α,β-unsaturated/α-hetero) is 1. The Bertz CT molecular complexity index is 837. The van der Waals surface area contributed by atoms with Gasteiger partial charge in [0, 0.05) is 23.5 Å². The number of fused-ring (bicyclic) bond motifs is 1. The van der Waals surface area contributed by atoms with Gasteiger partial charge in [0.1, 0.15) is 5.69 Å². The molecule has 0 fully saturated rings. The molecule has 1 aliphatic rings. The van der Waals surface area contributed by atoms with Crippen LogP contribution in [0.2, 0.25) is 5.02 Å². The van der Waals surface area contributed by atoms with Gasteiger partial charge in [0.15, 0.2) is 5.78 Å². The molecule has 130 valence electrons. The number of benzene rings is 1. The van der Waals surface area contributed by atoms with E-state index in [0.29, 0.717) is 22.0 Å². The fourth-order valence-electron chi connectivity index (χ4n) is 3.41. The fourth-order valence-corrected chi connectivity index (χ4v) is 3.58. The van der Waals surface area contributed by atoms with Gasteiger partial charge in [0.25, 0.3) is 0 Å². The van der Waals surface area contributed by atoms with Gasteiger partial charge in [-0.25, -0.2) is 0 Å². The van der Waals surface area contributed by atoms with E-state index in [9.17, 15) is 14.7 Å². The average molecular weight is 359 g/mol. The highest BCUT2D eigenvalue weighted by Gasteiger charge is 2.48. The number of carbonyl (C=O) groups is 2. The van der Waals surface area contributed by atoms with Crippen molar-refractivity contribution in [3.63, 3.8) is 0 Å². The molecule has 25 heavy (non-hydrogen) atoms. The van der Waals surface area contributed by atoms with Crippen molar-refractivity contribution in [3.05, 3.63) is 58.4 Å². The molecular formula is C19H19ClN2O3. The second-order valence-electron chi connectivity index (χ2n) is 6.32. The number of aliphatic carboxylic acids is 1. The molecule has 0 radical (unpaired) electrons. The Hall–Kier alpha value is -2.40. The van der Waals surface area contributed by atoms with Crippen LogP contribution in [0.1, 0.15) is 41.4 Å². The smallest absolute Gasteiger partial charge is 0.304 e. The lowest BCUT2D eigenvalue weighted by Gasteiger charge is -2.26. The molecule has 3 rings (SSSR count). The third kappa shape index (κ3) is 3.24. The van der Waals surface area contributed by atoms with Gasteiger partial charge in [-0.3, -0.25) is 14.6 Å². The molecule has 0 bridgehead atoms. The highest BCUT2D eigenvalue weighted by Crippen LogP contribution is 2.42. The highest BCUT2D eigenvalue weighted by molar-refractivity contribution is 6.31. The zero-order valence-corrected chi connectivity index (χ0v) is 14.6. The molecule has 0 amide bonds. The van der Waals surface area contributed by atoms with Crippen molar-refractivity contribution in [2.24, 2.45) is 0 Å². The van der Waals surface area contributed by atoms with Gasteiger partial charge in [0.05, 0.1) is 11.8 Å². The van der Waals surface area contributed by atoms with Crippen LogP contribution in [0.15, 0.2) is 36.5 Å². The van der Waals surface area contributed by atoms with Crippen LogP contribution in [0.25, 0.3) is 0 Å². The highest BCUT2D eigenvalue weighted by atomic mass is 35.5. The summed E-state index contributed by atoms with van der Waals surface area (Å²) in [6, 6.07) is 8.77. The monoisotopic (exact) mass is 358 g/mol. The quantitative estimate of drug-likeness (QED) is 0.769. The lowest BCUT2D eigenvalue weighted by atomic mass is 9.74. The fraction of sp³-hybridized carbons (Fsp3) is 0.316. The first-order valence-corrected chi connectivity index (χ1v) is 8.59. The zero-order valence-electron chi connectivity index (χ0n) is 13.9. The van der Waals surface area contributed by atoms with Crippen LogP contribution >= 0.6 is 11.6 Å². The molecule has 2 aromatic rings. The van der Waals surface area contributed by atoms with Gasteiger partial charge in [-0.05, 0) is 41.8 Å². The minimum atomic E-state index is -1.18. The normalized spacial score (nSPS) is 18.5. The van der Waals surface area contributed by atoms with Crippen LogP contribution in [0.3, 0.4) is 0 Å². The summed E-state index contributed by atoms with van der Waals surface area (Å²) >= 11 is 6.02. The topological polar surface area (TPSA) is 79.3 Å². The molecule has 2 N–H and O–H groups in total. The minimum Gasteiger partial charge on any atom is -0.481 e. The molecule has 1 unspecified atom stereocenters. The lowest BCUT2D eigenvalue weighted by Crippen LogP contribution is -2.40. The summed E-state index contributed by atoms with van der Waals surface area (Å²) in [5.74, 6) is -1.30. The van der Waals surface area contributed by atoms with E-state index in [1.165, 1.54) is 0 Å². The lowest BCUT2D eigenvalue weighted by molar-refractivity contribution is -0.138. The van der Waals surface area contributed by atoms with E-state index in [0.717, 1.165) is 18.4 Å². The second-order valence-corrected chi connectivity index (χ2v) is 6.76. The maximum absolute atomic E-state index is 13.3. The minimum absolute atomic E-state index is 0.216. The first-order chi connectivity index (χ1) is 12.0. The number of aromatic nitrogens is 1. The molecule has 0 aliphatic carbocycles. The Labute approximate surface area is 151 Å². The number of carboxylic acid groups (broad SMARTS) is 1. The van der Waals surface area contributed by atoms with Crippen molar-refractivity contribution in [2.75, 3.05) is 11.9 Å². The summed E-state index contributed by atoms with van der Waals surface area (Å²) in [4.78, 5) is 29.0. The molecule has 1 aromatic heterocycles. The van der Waals surface area contributed by atoms with Crippen LogP contribution in [-0.2, 0) is 16.6 Å². The zero-order chi connectivity index (χ0) is 18.0. The van der Waals surface area contributed by atoms with Crippen molar-refractivity contribution < 1.29 is 14.7 Å². The van der Waals surface area contributed by atoms with Gasteiger partial charge in [0.2, 0.25) is 0 Å². The van der Waals surface area contributed by atoms with Gasteiger partial charge in [-0.15, -0.1) is 0 Å². The predicted octanol–water partition coefficient (Wildman–Crippen LogP) is 3.71. The molecule has 5 nitrogen and oxygen atoms in total. The Kier molecular flexibility index (Phi) is 4.77. The molecule has 1 atom stereocenters. The molecular weight excluding hydrogens is 340 g/mol. The van der Waals surface area contributed by atoms with Gasteiger partial charge >= 0.3 is 5.97 Å². The van der Waals surface area contributed by atoms with Crippen LogP contribution in [0.5, 0.6) is 0 Å². The Morgan fingerprint density at radius 3 is 2.84 bits per heavy atom. The average Bonchev–Trinajstić information content (AvgIpc) is 2.93. The molecule has 6 heteroatoms. The number of pyridine rings is 1. The number of carbonyl (C=O) groups excluding carboxylic acids is 1. The van der Waals surface area contributed by atoms with E-state index in [-0.39, 0.29) is 18.7 Å². The SMILES string of the molecule is CCCc1ccnc(C(=O)C2(CC(=O)O)CNc3cc(Cl)ccc32)c1. The molecule has 1 aromatic carbocycles. The summed E-state index contributed by atoms with van der Waals surface area (Å²) in [6.07, 6.45) is 3.12. The van der Waals surface area contributed by atoms with Gasteiger partial charge in [-0.2, -0.15) is 0 Å². The molecule has 1 aliphatic heterocycles. The van der Waals surface area contributed by atoms with Crippen LogP contribution < -0.4 is 5.32 Å². The number of carboxylic acids is 1. The standard InChI is InChI=1S/C19H19ClN2O3/c1-2-3-12-6-7-21-16(8-12)18(25)19(10-17(23)24)11-22-15-9-13(20)4-5-14(15)19/h4-9,22H,2-3,10-11H2,1H3,(H,23,24). The number of hydrogen-bond donors (Lipinski definition) is 2. The van der Waals surface area contributed by atoms with Gasteiger partial charge in [-0.1, -0.05) is 31.0 Å². The van der Waals surface area contributed by atoms with Crippen molar-refractivity contribution in [1.82, 2.24) is 4.98 Å². The molecule has 0 spiro atoms. The number of anilines is 1. The molecule has 0 saturated carbocycles. The number of rotatable bonds is 6. The van der Waals surface area contributed by atoms with E-state index in [1.807, 2.05) is 6.07 Å². The number of nitrogens with one attached hydrogen (secondary N) is 1. The number of aryl methyl sites for hydroxylation is 1. The number of ketones is 1. The maximum atomic E-state index is 13.3. The number of hydrogen-bond acceptors (Lipinski definition) is 4. The second kappa shape index (κ2) is 6.84. The third-order valence-electron chi connectivity index (χ3n) is 4.56. The third-order valence-corrected chi connectivity index (χ3v) is 4.80. The summed E-state index contributed by atoms with van der Waals surface area (Å²) in [5, 5.41) is 13.1. The Morgan fingerprint density at radius 2 is 2.12 bits per heavy atom.